The summed E-state index contributed by atoms with van der Waals surface area (Å²) in [6.07, 6.45) is 6.02. The number of fused-ring (bicyclic) bond motifs is 2. The number of piperidine rings is 1. The minimum Gasteiger partial charge on any atom is -0.444 e. The smallest absolute Gasteiger partial charge is 0.407 e. The van der Waals surface area contributed by atoms with Gasteiger partial charge in [-0.25, -0.2) is 4.79 Å². The maximum Gasteiger partial charge on any atom is 0.407 e. The largest absolute Gasteiger partial charge is 0.444 e. The van der Waals surface area contributed by atoms with E-state index in [1.54, 1.807) is 0 Å². The second-order valence-electron chi connectivity index (χ2n) is 7.55. The van der Waals surface area contributed by atoms with Gasteiger partial charge >= 0.3 is 6.09 Å². The molecule has 1 saturated heterocycles. The van der Waals surface area contributed by atoms with Crippen LogP contribution in [0, 0.1) is 11.8 Å². The molecule has 1 unspecified atom stereocenters. The molecule has 1 amide bonds. The zero-order valence-electron chi connectivity index (χ0n) is 13.9. The number of anilines is 1. The van der Waals surface area contributed by atoms with Crippen LogP contribution in [0.25, 0.3) is 0 Å². The minimum absolute atomic E-state index is 0.239. The summed E-state index contributed by atoms with van der Waals surface area (Å²) in [5.41, 5.74) is 0.731. The van der Waals surface area contributed by atoms with Crippen molar-refractivity contribution in [1.29, 1.82) is 0 Å². The first-order valence-electron chi connectivity index (χ1n) is 8.05. The van der Waals surface area contributed by atoms with Crippen LogP contribution in [0.2, 0.25) is 0 Å². The lowest BCUT2D eigenvalue weighted by Gasteiger charge is -2.39. The maximum absolute atomic E-state index is 12.0. The topological polar surface area (TPSA) is 59.4 Å². The van der Waals surface area contributed by atoms with Gasteiger partial charge in [-0.3, -0.25) is 4.68 Å². The summed E-state index contributed by atoms with van der Waals surface area (Å²) in [5, 5.41) is 7.36. The number of carbonyl (C=O) groups excluding carboxylic acids is 1. The Morgan fingerprint density at radius 3 is 2.45 bits per heavy atom. The van der Waals surface area contributed by atoms with E-state index in [1.165, 1.54) is 18.5 Å². The predicted molar refractivity (Wildman–Crippen MR) is 84.8 cm³/mol. The Kier molecular flexibility index (Phi) is 3.78. The molecule has 22 heavy (non-hydrogen) atoms. The van der Waals surface area contributed by atoms with Crippen molar-refractivity contribution in [3.8, 4) is 0 Å². The van der Waals surface area contributed by atoms with Gasteiger partial charge in [0.25, 0.3) is 0 Å². The number of amides is 1. The molecule has 1 aliphatic carbocycles. The van der Waals surface area contributed by atoms with Crippen molar-refractivity contribution in [2.75, 3.05) is 18.0 Å². The third kappa shape index (κ3) is 3.20. The molecular formula is C16H26N4O2. The van der Waals surface area contributed by atoms with Crippen LogP contribution in [-0.2, 0) is 11.8 Å². The summed E-state index contributed by atoms with van der Waals surface area (Å²) in [6.45, 7) is 7.63. The molecule has 2 aliphatic rings. The number of aryl methyl sites for hydroxylation is 1. The molecule has 0 radical (unpaired) electrons. The Morgan fingerprint density at radius 1 is 1.32 bits per heavy atom. The molecule has 1 aromatic rings. The van der Waals surface area contributed by atoms with E-state index in [2.05, 4.69) is 21.5 Å². The molecule has 6 nitrogen and oxygen atoms in total. The van der Waals surface area contributed by atoms with Gasteiger partial charge in [0.1, 0.15) is 5.60 Å². The van der Waals surface area contributed by atoms with Crippen LogP contribution in [-0.4, -0.2) is 40.6 Å². The Hall–Kier alpha value is -1.72. The first-order chi connectivity index (χ1) is 10.3. The first-order valence-corrected chi connectivity index (χ1v) is 8.05. The Balaban J connectivity index is 1.62. The van der Waals surface area contributed by atoms with Crippen LogP contribution in [0.3, 0.4) is 0 Å². The normalized spacial score (nSPS) is 27.8. The lowest BCUT2D eigenvalue weighted by molar-refractivity contribution is 0.0472. The zero-order chi connectivity index (χ0) is 15.9. The van der Waals surface area contributed by atoms with Crippen molar-refractivity contribution in [2.45, 2.75) is 45.3 Å². The number of nitrogens with one attached hydrogen (secondary N) is 1. The average Bonchev–Trinajstić information content (AvgIpc) is 2.89. The number of aromatic nitrogens is 2. The summed E-state index contributed by atoms with van der Waals surface area (Å²) in [5.74, 6) is 0.984. The number of ether oxygens (including phenoxy) is 1. The van der Waals surface area contributed by atoms with E-state index in [4.69, 9.17) is 4.74 Å². The van der Waals surface area contributed by atoms with Crippen molar-refractivity contribution >= 4 is 11.8 Å². The minimum atomic E-state index is -0.445. The Morgan fingerprint density at radius 2 is 1.95 bits per heavy atom. The van der Waals surface area contributed by atoms with Gasteiger partial charge in [-0.05, 0) is 45.4 Å². The third-order valence-corrected chi connectivity index (χ3v) is 4.57. The van der Waals surface area contributed by atoms with Crippen LogP contribution in [0.15, 0.2) is 12.4 Å². The maximum atomic E-state index is 12.0. The molecule has 1 aliphatic heterocycles. The molecule has 3 atom stereocenters. The molecule has 6 heteroatoms. The highest BCUT2D eigenvalue weighted by molar-refractivity contribution is 5.68. The number of rotatable bonds is 2. The summed E-state index contributed by atoms with van der Waals surface area (Å²) in [7, 11) is 1.94. The SMILES string of the molecule is Cn1cc(N2C[C@H]3CC[C@@H](C2)C3NC(=O)OC(C)(C)C)cn1. The van der Waals surface area contributed by atoms with Gasteiger partial charge < -0.3 is 15.0 Å². The van der Waals surface area contributed by atoms with Crippen LogP contribution in [0.1, 0.15) is 33.6 Å². The first kappa shape index (κ1) is 15.2. The number of hydrogen-bond acceptors (Lipinski definition) is 4. The predicted octanol–water partition coefficient (Wildman–Crippen LogP) is 2.16. The van der Waals surface area contributed by atoms with E-state index < -0.39 is 5.60 Å². The Bertz CT molecular complexity index is 535. The molecule has 3 rings (SSSR count). The second-order valence-corrected chi connectivity index (χ2v) is 7.55. The van der Waals surface area contributed by atoms with Crippen molar-refractivity contribution in [3.63, 3.8) is 0 Å². The van der Waals surface area contributed by atoms with Gasteiger partial charge in [0.15, 0.2) is 0 Å². The highest BCUT2D eigenvalue weighted by Gasteiger charge is 2.43. The molecule has 1 aromatic heterocycles. The third-order valence-electron chi connectivity index (χ3n) is 4.57. The summed E-state index contributed by atoms with van der Waals surface area (Å²) >= 11 is 0. The van der Waals surface area contributed by atoms with Crippen LogP contribution < -0.4 is 10.2 Å². The van der Waals surface area contributed by atoms with Gasteiger partial charge in [0.05, 0.1) is 11.9 Å². The van der Waals surface area contributed by atoms with Crippen molar-refractivity contribution in [3.05, 3.63) is 12.4 Å². The zero-order valence-corrected chi connectivity index (χ0v) is 13.9. The number of carbonyl (C=O) groups is 1. The van der Waals surface area contributed by atoms with Crippen LogP contribution >= 0.6 is 0 Å². The van der Waals surface area contributed by atoms with Gasteiger partial charge in [0.2, 0.25) is 0 Å². The second kappa shape index (κ2) is 5.48. The standard InChI is InChI=1S/C16H26N4O2/c1-16(2,3)22-15(21)18-14-11-5-6-12(14)9-20(8-11)13-7-17-19(4)10-13/h7,10-12,14H,5-6,8-9H2,1-4H3,(H,18,21)/t11-,12+,14?. The van der Waals surface area contributed by atoms with E-state index in [1.807, 2.05) is 38.7 Å². The lowest BCUT2D eigenvalue weighted by atomic mass is 9.92. The number of hydrogen-bond donors (Lipinski definition) is 1. The molecule has 2 heterocycles. The monoisotopic (exact) mass is 306 g/mol. The summed E-state index contributed by atoms with van der Waals surface area (Å²) in [4.78, 5) is 14.4. The molecule has 2 fully saturated rings. The van der Waals surface area contributed by atoms with Crippen LogP contribution in [0.5, 0.6) is 0 Å². The molecule has 1 N–H and O–H groups in total. The number of nitrogens with zero attached hydrogens (tertiary/aromatic N) is 3. The quantitative estimate of drug-likeness (QED) is 0.909. The van der Waals surface area contributed by atoms with E-state index in [-0.39, 0.29) is 12.1 Å². The highest BCUT2D eigenvalue weighted by atomic mass is 16.6. The Labute approximate surface area is 131 Å². The van der Waals surface area contributed by atoms with Crippen LogP contribution in [0.4, 0.5) is 10.5 Å². The molecule has 2 bridgehead atoms. The van der Waals surface area contributed by atoms with Gasteiger partial charge in [-0.2, -0.15) is 5.10 Å². The van der Waals surface area contributed by atoms with E-state index in [9.17, 15) is 4.79 Å². The molecule has 0 aromatic carbocycles. The van der Waals surface area contributed by atoms with Crippen molar-refractivity contribution in [2.24, 2.45) is 18.9 Å². The summed E-state index contributed by atoms with van der Waals surface area (Å²) in [6, 6.07) is 0.239. The molecule has 1 saturated carbocycles. The van der Waals surface area contributed by atoms with Gasteiger partial charge in [-0.1, -0.05) is 0 Å². The number of alkyl carbamates (subject to hydrolysis) is 1. The molecule has 122 valence electrons. The fraction of sp³-hybridized carbons (Fsp3) is 0.750. The van der Waals surface area contributed by atoms with Crippen molar-refractivity contribution in [1.82, 2.24) is 15.1 Å². The van der Waals surface area contributed by atoms with E-state index in [0.29, 0.717) is 11.8 Å². The van der Waals surface area contributed by atoms with Gasteiger partial charge in [-0.15, -0.1) is 0 Å². The van der Waals surface area contributed by atoms with Crippen molar-refractivity contribution < 1.29 is 9.53 Å². The van der Waals surface area contributed by atoms with E-state index >= 15 is 0 Å². The lowest BCUT2D eigenvalue weighted by Crippen LogP contribution is -2.53. The van der Waals surface area contributed by atoms with E-state index in [0.717, 1.165) is 13.1 Å². The van der Waals surface area contributed by atoms with Gasteiger partial charge in [0, 0.05) is 32.4 Å². The highest BCUT2D eigenvalue weighted by Crippen LogP contribution is 2.38. The molecular weight excluding hydrogens is 280 g/mol. The molecule has 0 spiro atoms. The average molecular weight is 306 g/mol. The summed E-state index contributed by atoms with van der Waals surface area (Å²) < 4.78 is 7.24. The fourth-order valence-corrected chi connectivity index (χ4v) is 3.68. The fourth-order valence-electron chi connectivity index (χ4n) is 3.68.